The number of aliphatic hydroxyl groups is 1. The number of ether oxygens (including phenoxy) is 3. The van der Waals surface area contributed by atoms with Gasteiger partial charge in [-0.2, -0.15) is 5.26 Å². The highest BCUT2D eigenvalue weighted by Crippen LogP contribution is 2.55. The summed E-state index contributed by atoms with van der Waals surface area (Å²) in [5, 5.41) is 32.5. The smallest absolute Gasteiger partial charge is 0.318 e. The highest BCUT2D eigenvalue weighted by molar-refractivity contribution is 7.13. The minimum Gasteiger partial charge on any atom is -0.494 e. The van der Waals surface area contributed by atoms with E-state index in [9.17, 15) is 29.5 Å². The number of carbonyl (C=O) groups excluding carboxylic acids is 4. The van der Waals surface area contributed by atoms with Crippen LogP contribution in [-0.4, -0.2) is 109 Å². The van der Waals surface area contributed by atoms with Gasteiger partial charge in [-0.05, 0) is 86.2 Å². The summed E-state index contributed by atoms with van der Waals surface area (Å²) in [4.78, 5) is 61.4. The second kappa shape index (κ2) is 23.1. The van der Waals surface area contributed by atoms with E-state index in [1.165, 1.54) is 4.90 Å². The van der Waals surface area contributed by atoms with Crippen molar-refractivity contribution >= 4 is 46.6 Å². The predicted molar refractivity (Wildman–Crippen MR) is 271 cm³/mol. The molecular formula is C53H68ClN7O8S. The quantitative estimate of drug-likeness (QED) is 0.0506. The molecule has 6 rings (SSSR count). The first-order valence-electron chi connectivity index (χ1n) is 23.9. The minimum atomic E-state index is -0.941. The summed E-state index contributed by atoms with van der Waals surface area (Å²) in [5.41, 5.74) is 4.10. The first-order chi connectivity index (χ1) is 33.1. The van der Waals surface area contributed by atoms with Crippen molar-refractivity contribution in [2.24, 2.45) is 16.2 Å². The van der Waals surface area contributed by atoms with E-state index in [0.717, 1.165) is 34.5 Å². The van der Waals surface area contributed by atoms with E-state index in [1.54, 1.807) is 60.8 Å². The van der Waals surface area contributed by atoms with Gasteiger partial charge in [0.05, 0.1) is 57.5 Å². The lowest BCUT2D eigenvalue weighted by Gasteiger charge is -2.63. The van der Waals surface area contributed by atoms with E-state index in [-0.39, 0.29) is 43.4 Å². The summed E-state index contributed by atoms with van der Waals surface area (Å²) in [5.74, 6) is 0.224. The molecule has 2 heterocycles. The van der Waals surface area contributed by atoms with Crippen LogP contribution < -0.4 is 30.7 Å². The predicted octanol–water partition coefficient (Wildman–Crippen LogP) is 8.03. The first kappa shape index (κ1) is 53.8. The van der Waals surface area contributed by atoms with Crippen LogP contribution in [0.15, 0.2) is 72.2 Å². The Morgan fingerprint density at radius 2 is 1.63 bits per heavy atom. The maximum Gasteiger partial charge on any atom is 0.318 e. The molecule has 1 saturated carbocycles. The van der Waals surface area contributed by atoms with Gasteiger partial charge in [0.1, 0.15) is 30.3 Å². The van der Waals surface area contributed by atoms with Crippen LogP contribution in [0.1, 0.15) is 107 Å². The zero-order valence-corrected chi connectivity index (χ0v) is 43.3. The van der Waals surface area contributed by atoms with Crippen molar-refractivity contribution in [3.05, 3.63) is 99.6 Å². The Balaban J connectivity index is 0.903. The Morgan fingerprint density at radius 1 is 0.957 bits per heavy atom. The Bertz CT molecular complexity index is 2490. The molecule has 0 radical (unpaired) electrons. The van der Waals surface area contributed by atoms with Crippen LogP contribution in [0.25, 0.3) is 10.4 Å². The number of carbonyl (C=O) groups is 4. The molecule has 1 saturated heterocycles. The SMILES string of the molecule is CNC[C@H](NC(=O)N1C[C@@H](O)CC1C(=O)[C@@H](NC(=O)COCCCCCOc1ccc(C(=O)N[C@H]2C(C)(C)[C@H](Oc3ccc(C#N)c(Cl)c3)C2(C)C)cc1)C(C)(C)C)c1ccc(-c2scnc2C)cc1. The third kappa shape index (κ3) is 12.8. The molecule has 4 amide bonds. The summed E-state index contributed by atoms with van der Waals surface area (Å²) in [6.45, 7) is 16.7. The third-order valence-corrected chi connectivity index (χ3v) is 14.6. The van der Waals surface area contributed by atoms with Crippen molar-refractivity contribution in [2.45, 2.75) is 117 Å². The second-order valence-electron chi connectivity index (χ2n) is 20.6. The number of amides is 4. The van der Waals surface area contributed by atoms with Crippen LogP contribution in [0.2, 0.25) is 5.02 Å². The fraction of sp³-hybridized carbons (Fsp3) is 0.509. The Hall–Kier alpha value is -5.57. The van der Waals surface area contributed by atoms with Crippen LogP contribution in [-0.2, 0) is 14.3 Å². The second-order valence-corrected chi connectivity index (χ2v) is 21.8. The van der Waals surface area contributed by atoms with E-state index in [0.29, 0.717) is 53.8 Å². The maximum atomic E-state index is 14.2. The monoisotopic (exact) mass is 997 g/mol. The van der Waals surface area contributed by atoms with E-state index in [4.69, 9.17) is 25.8 Å². The zero-order valence-electron chi connectivity index (χ0n) is 41.7. The topological polar surface area (TPSA) is 204 Å². The molecule has 1 aromatic heterocycles. The lowest BCUT2D eigenvalue weighted by atomic mass is 9.49. The van der Waals surface area contributed by atoms with Crippen LogP contribution >= 0.6 is 22.9 Å². The molecule has 1 aliphatic carbocycles. The van der Waals surface area contributed by atoms with Crippen molar-refractivity contribution in [1.29, 1.82) is 5.26 Å². The van der Waals surface area contributed by atoms with Gasteiger partial charge in [-0.1, -0.05) is 84.3 Å². The number of thiazole rings is 1. The largest absolute Gasteiger partial charge is 0.494 e. The third-order valence-electron chi connectivity index (χ3n) is 13.3. The fourth-order valence-electron chi connectivity index (χ4n) is 9.90. The highest BCUT2D eigenvalue weighted by atomic mass is 35.5. The molecule has 0 bridgehead atoms. The van der Waals surface area contributed by atoms with E-state index in [2.05, 4.69) is 60.0 Å². The molecule has 4 aromatic rings. The Kier molecular flexibility index (Phi) is 17.8. The van der Waals surface area contributed by atoms with Crippen LogP contribution in [0.3, 0.4) is 0 Å². The van der Waals surface area contributed by atoms with Gasteiger partial charge in [0.25, 0.3) is 5.91 Å². The molecule has 15 nitrogen and oxygen atoms in total. The molecule has 70 heavy (non-hydrogen) atoms. The number of aromatic nitrogens is 1. The normalized spacial score (nSPS) is 20.1. The van der Waals surface area contributed by atoms with Gasteiger partial charge in [-0.15, -0.1) is 11.3 Å². The standard InChI is InChI=1S/C53H68ClN7O8S/c1-32-45(70-31-57-32)34-15-13-33(14-16-34)41(28-56-9)58-50(66)61-29-37(62)25-42(61)44(64)46(51(2,3)4)59-43(63)30-67-23-11-10-12-24-68-38-20-17-35(18-21-38)47(65)60-48-52(5,6)49(53(48,7)8)69-39-22-19-36(27-55)40(54)26-39/h13-22,26,31,37,41-42,46,48-49,56,62H,10-12,23-25,28-30H2,1-9H3,(H,58,66)(H,59,63)(H,60,65)/t37-,41-,42?,46+,48-,49-/m0/s1. The average molecular weight is 999 g/mol. The minimum absolute atomic E-state index is 0.0146. The molecule has 4 atom stereocenters. The number of nitrogens with zero attached hydrogens (tertiary/aromatic N) is 3. The number of benzene rings is 3. The number of likely N-dealkylation sites (N-methyl/N-ethyl adjacent to an activating group) is 1. The summed E-state index contributed by atoms with van der Waals surface area (Å²) in [7, 11) is 1.80. The molecule has 17 heteroatoms. The number of aliphatic hydroxyl groups excluding tert-OH is 1. The first-order valence-corrected chi connectivity index (χ1v) is 25.1. The summed E-state index contributed by atoms with van der Waals surface area (Å²) in [6, 6.07) is 19.1. The van der Waals surface area contributed by atoms with Gasteiger partial charge in [0.15, 0.2) is 5.78 Å². The maximum absolute atomic E-state index is 14.2. The Labute approximate surface area is 421 Å². The number of likely N-dealkylation sites (tertiary alicyclic amines) is 1. The number of hydrogen-bond acceptors (Lipinski definition) is 12. The molecular weight excluding hydrogens is 930 g/mol. The number of β-amino-alcohol motifs (C(OH)–C–C–N with tert-alkyl or cyclic N) is 1. The van der Waals surface area contributed by atoms with Crippen LogP contribution in [0, 0.1) is 34.5 Å². The van der Waals surface area contributed by atoms with Gasteiger partial charge in [-0.25, -0.2) is 9.78 Å². The average Bonchev–Trinajstić information content (AvgIpc) is 3.94. The summed E-state index contributed by atoms with van der Waals surface area (Å²) in [6.07, 6.45) is 1.17. The number of ketones is 1. The van der Waals surface area contributed by atoms with Crippen LogP contribution in [0.5, 0.6) is 11.5 Å². The zero-order chi connectivity index (χ0) is 51.0. The number of urea groups is 1. The molecule has 0 spiro atoms. The van der Waals surface area contributed by atoms with E-state index >= 15 is 0 Å². The molecule has 2 fully saturated rings. The number of aryl methyl sites for hydroxylation is 1. The summed E-state index contributed by atoms with van der Waals surface area (Å²) >= 11 is 7.81. The van der Waals surface area contributed by atoms with Gasteiger partial charge in [0.2, 0.25) is 5.91 Å². The molecule has 1 unspecified atom stereocenters. The molecule has 5 N–H and O–H groups in total. The lowest BCUT2D eigenvalue weighted by Crippen LogP contribution is -2.74. The summed E-state index contributed by atoms with van der Waals surface area (Å²) < 4.78 is 18.0. The fourth-order valence-corrected chi connectivity index (χ4v) is 10.9. The number of Topliss-reactive ketones (excluding diaryl/α,β-unsaturated/α-hetero) is 1. The number of nitrogens with one attached hydrogen (secondary N) is 4. The number of nitriles is 1. The van der Waals surface area contributed by atoms with Crippen molar-refractivity contribution < 1.29 is 38.5 Å². The number of unbranched alkanes of at least 4 members (excludes halogenated alkanes) is 2. The van der Waals surface area contributed by atoms with Crippen molar-refractivity contribution in [3.8, 4) is 28.0 Å². The number of hydrogen-bond donors (Lipinski definition) is 5. The van der Waals surface area contributed by atoms with Gasteiger partial charge in [0, 0.05) is 54.6 Å². The molecule has 2 aliphatic rings. The molecule has 1 aliphatic heterocycles. The van der Waals surface area contributed by atoms with Gasteiger partial charge >= 0.3 is 6.03 Å². The van der Waals surface area contributed by atoms with Gasteiger partial charge < -0.3 is 45.5 Å². The van der Waals surface area contributed by atoms with E-state index in [1.807, 2.05) is 57.5 Å². The lowest BCUT2D eigenvalue weighted by molar-refractivity contribution is -0.164. The Morgan fingerprint density at radius 3 is 2.24 bits per heavy atom. The van der Waals surface area contributed by atoms with Gasteiger partial charge in [-0.3, -0.25) is 14.4 Å². The van der Waals surface area contributed by atoms with Crippen molar-refractivity contribution in [3.63, 3.8) is 0 Å². The van der Waals surface area contributed by atoms with Crippen LogP contribution in [0.4, 0.5) is 4.79 Å². The highest BCUT2D eigenvalue weighted by Gasteiger charge is 2.64. The van der Waals surface area contributed by atoms with E-state index < -0.39 is 52.4 Å². The number of rotatable bonds is 21. The number of halogens is 1. The van der Waals surface area contributed by atoms with Crippen molar-refractivity contribution in [1.82, 2.24) is 31.2 Å². The van der Waals surface area contributed by atoms with Crippen molar-refractivity contribution in [2.75, 3.05) is 40.0 Å². The molecule has 3 aromatic carbocycles. The molecule has 376 valence electrons.